The van der Waals surface area contributed by atoms with Crippen LogP contribution in [0.25, 0.3) is 0 Å². The molecule has 0 unspecified atom stereocenters. The lowest BCUT2D eigenvalue weighted by Crippen LogP contribution is -2.50. The standard InChI is InChI=1S/C7H11F3N2O/c1-11-3-2-4-12(6(11)13)5-7(8,9)10/h2-5H2,1H3. The molecule has 6 heteroatoms. The zero-order valence-corrected chi connectivity index (χ0v) is 7.26. The minimum atomic E-state index is -4.30. The number of hydrogen-bond donors (Lipinski definition) is 0. The molecule has 0 aromatic carbocycles. The van der Waals surface area contributed by atoms with Crippen molar-refractivity contribution in [3.8, 4) is 0 Å². The minimum Gasteiger partial charge on any atom is -0.328 e. The summed E-state index contributed by atoms with van der Waals surface area (Å²) in [6.45, 7) is -0.411. The normalized spacial score (nSPS) is 19.5. The van der Waals surface area contributed by atoms with Crippen molar-refractivity contribution in [1.29, 1.82) is 0 Å². The van der Waals surface area contributed by atoms with Crippen LogP contribution in [-0.2, 0) is 0 Å². The molecule has 1 heterocycles. The highest BCUT2D eigenvalue weighted by atomic mass is 19.4. The molecule has 0 N–H and O–H groups in total. The minimum absolute atomic E-state index is 0.197. The number of nitrogens with zero attached hydrogens (tertiary/aromatic N) is 2. The highest BCUT2D eigenvalue weighted by molar-refractivity contribution is 5.74. The van der Waals surface area contributed by atoms with Gasteiger partial charge < -0.3 is 9.80 Å². The third kappa shape index (κ3) is 2.78. The van der Waals surface area contributed by atoms with Crippen molar-refractivity contribution in [3.63, 3.8) is 0 Å². The van der Waals surface area contributed by atoms with E-state index in [1.807, 2.05) is 0 Å². The number of urea groups is 1. The summed E-state index contributed by atoms with van der Waals surface area (Å²) >= 11 is 0. The van der Waals surface area contributed by atoms with E-state index in [0.29, 0.717) is 13.0 Å². The number of amides is 2. The summed E-state index contributed by atoms with van der Waals surface area (Å²) in [5.41, 5.74) is 0. The molecule has 0 aromatic rings. The van der Waals surface area contributed by atoms with E-state index in [1.54, 1.807) is 0 Å². The Balaban J connectivity index is 2.54. The van der Waals surface area contributed by atoms with Gasteiger partial charge in [0.1, 0.15) is 6.54 Å². The van der Waals surface area contributed by atoms with Crippen LogP contribution in [0.3, 0.4) is 0 Å². The van der Waals surface area contributed by atoms with Crippen LogP contribution in [0.15, 0.2) is 0 Å². The molecule has 3 nitrogen and oxygen atoms in total. The predicted molar refractivity (Wildman–Crippen MR) is 40.3 cm³/mol. The second-order valence-electron chi connectivity index (χ2n) is 3.09. The van der Waals surface area contributed by atoms with E-state index in [-0.39, 0.29) is 6.54 Å². The van der Waals surface area contributed by atoms with Crippen molar-refractivity contribution in [1.82, 2.24) is 9.80 Å². The first-order chi connectivity index (χ1) is 5.90. The quantitative estimate of drug-likeness (QED) is 0.620. The fourth-order valence-corrected chi connectivity index (χ4v) is 1.29. The van der Waals surface area contributed by atoms with Gasteiger partial charge >= 0.3 is 12.2 Å². The molecule has 1 fully saturated rings. The lowest BCUT2D eigenvalue weighted by atomic mass is 10.3. The van der Waals surface area contributed by atoms with Crippen molar-refractivity contribution in [3.05, 3.63) is 0 Å². The summed E-state index contributed by atoms with van der Waals surface area (Å²) in [7, 11) is 1.50. The molecule has 0 spiro atoms. The Labute approximate surface area is 74.1 Å². The van der Waals surface area contributed by atoms with Crippen molar-refractivity contribution in [2.45, 2.75) is 12.6 Å². The number of alkyl halides is 3. The van der Waals surface area contributed by atoms with Gasteiger partial charge in [0.05, 0.1) is 0 Å². The predicted octanol–water partition coefficient (Wildman–Crippen LogP) is 1.31. The molecular formula is C7H11F3N2O. The van der Waals surface area contributed by atoms with Crippen LogP contribution in [0.4, 0.5) is 18.0 Å². The average Bonchev–Trinajstić information content (AvgIpc) is 1.96. The van der Waals surface area contributed by atoms with Crippen LogP contribution in [-0.4, -0.2) is 48.7 Å². The van der Waals surface area contributed by atoms with Crippen LogP contribution < -0.4 is 0 Å². The summed E-state index contributed by atoms with van der Waals surface area (Å²) in [6, 6.07) is -0.538. The maximum absolute atomic E-state index is 11.9. The number of rotatable bonds is 1. The van der Waals surface area contributed by atoms with Gasteiger partial charge in [0, 0.05) is 20.1 Å². The zero-order chi connectivity index (χ0) is 10.1. The SMILES string of the molecule is CN1CCCN(CC(F)(F)F)C1=O. The fraction of sp³-hybridized carbons (Fsp3) is 0.857. The maximum atomic E-state index is 11.9. The molecule has 13 heavy (non-hydrogen) atoms. The Hall–Kier alpha value is -0.940. The molecule has 0 radical (unpaired) electrons. The highest BCUT2D eigenvalue weighted by Crippen LogP contribution is 2.19. The third-order valence-corrected chi connectivity index (χ3v) is 1.89. The van der Waals surface area contributed by atoms with E-state index < -0.39 is 18.8 Å². The van der Waals surface area contributed by atoms with Gasteiger partial charge in [-0.1, -0.05) is 0 Å². The van der Waals surface area contributed by atoms with Crippen molar-refractivity contribution in [2.75, 3.05) is 26.7 Å². The summed E-state index contributed by atoms with van der Waals surface area (Å²) in [6.07, 6.45) is -3.70. The maximum Gasteiger partial charge on any atom is 0.406 e. The smallest absolute Gasteiger partial charge is 0.328 e. The number of carbonyl (C=O) groups excluding carboxylic acids is 1. The second kappa shape index (κ2) is 3.43. The highest BCUT2D eigenvalue weighted by Gasteiger charge is 2.35. The molecule has 0 atom stereocenters. The zero-order valence-electron chi connectivity index (χ0n) is 7.26. The Morgan fingerprint density at radius 1 is 1.38 bits per heavy atom. The molecule has 1 aliphatic heterocycles. The van der Waals surface area contributed by atoms with Crippen LogP contribution in [0, 0.1) is 0 Å². The molecule has 0 bridgehead atoms. The number of hydrogen-bond acceptors (Lipinski definition) is 1. The third-order valence-electron chi connectivity index (χ3n) is 1.89. The van der Waals surface area contributed by atoms with E-state index in [0.717, 1.165) is 4.90 Å². The average molecular weight is 196 g/mol. The summed E-state index contributed by atoms with van der Waals surface area (Å²) in [5, 5.41) is 0. The molecule has 76 valence electrons. The van der Waals surface area contributed by atoms with Gasteiger partial charge in [0.2, 0.25) is 0 Å². The second-order valence-corrected chi connectivity index (χ2v) is 3.09. The van der Waals surface area contributed by atoms with Gasteiger partial charge in [-0.2, -0.15) is 13.2 Å². The Bertz CT molecular complexity index is 204. The molecule has 1 aliphatic rings. The number of carbonyl (C=O) groups is 1. The topological polar surface area (TPSA) is 23.6 Å². The van der Waals surface area contributed by atoms with Gasteiger partial charge in [-0.05, 0) is 6.42 Å². The lowest BCUT2D eigenvalue weighted by Gasteiger charge is -2.33. The van der Waals surface area contributed by atoms with E-state index in [9.17, 15) is 18.0 Å². The molecule has 0 saturated carbocycles. The van der Waals surface area contributed by atoms with E-state index in [2.05, 4.69) is 0 Å². The Morgan fingerprint density at radius 2 is 2.00 bits per heavy atom. The molecule has 0 aromatic heterocycles. The van der Waals surface area contributed by atoms with Gasteiger partial charge in [-0.25, -0.2) is 4.79 Å². The monoisotopic (exact) mass is 196 g/mol. The fourth-order valence-electron chi connectivity index (χ4n) is 1.29. The largest absolute Gasteiger partial charge is 0.406 e. The van der Waals surface area contributed by atoms with Crippen LogP contribution >= 0.6 is 0 Å². The van der Waals surface area contributed by atoms with E-state index in [1.165, 1.54) is 11.9 Å². The Morgan fingerprint density at radius 3 is 2.54 bits per heavy atom. The molecule has 2 amide bonds. The van der Waals surface area contributed by atoms with Crippen LogP contribution in [0.1, 0.15) is 6.42 Å². The van der Waals surface area contributed by atoms with Gasteiger partial charge in [-0.3, -0.25) is 0 Å². The molecular weight excluding hydrogens is 185 g/mol. The van der Waals surface area contributed by atoms with Crippen molar-refractivity contribution >= 4 is 6.03 Å². The van der Waals surface area contributed by atoms with Gasteiger partial charge in [0.25, 0.3) is 0 Å². The molecule has 1 rings (SSSR count). The summed E-state index contributed by atoms with van der Waals surface area (Å²) < 4.78 is 35.8. The van der Waals surface area contributed by atoms with Gasteiger partial charge in [0.15, 0.2) is 0 Å². The van der Waals surface area contributed by atoms with Crippen LogP contribution in [0.5, 0.6) is 0 Å². The number of halogens is 3. The van der Waals surface area contributed by atoms with Crippen LogP contribution in [0.2, 0.25) is 0 Å². The first-order valence-corrected chi connectivity index (χ1v) is 3.97. The first-order valence-electron chi connectivity index (χ1n) is 3.97. The van der Waals surface area contributed by atoms with Crippen molar-refractivity contribution < 1.29 is 18.0 Å². The van der Waals surface area contributed by atoms with E-state index in [4.69, 9.17) is 0 Å². The first kappa shape index (κ1) is 10.1. The lowest BCUT2D eigenvalue weighted by molar-refractivity contribution is -0.142. The van der Waals surface area contributed by atoms with Crippen molar-refractivity contribution in [2.24, 2.45) is 0 Å². The Kier molecular flexibility index (Phi) is 2.68. The van der Waals surface area contributed by atoms with Gasteiger partial charge in [-0.15, -0.1) is 0 Å². The van der Waals surface area contributed by atoms with E-state index >= 15 is 0 Å². The summed E-state index contributed by atoms with van der Waals surface area (Å²) in [5.74, 6) is 0. The molecule has 0 aliphatic carbocycles. The molecule has 1 saturated heterocycles. The summed E-state index contributed by atoms with van der Waals surface area (Å²) in [4.78, 5) is 13.3.